The third-order valence-corrected chi connectivity index (χ3v) is 11.2. The van der Waals surface area contributed by atoms with Gasteiger partial charge in [0.25, 0.3) is 0 Å². The molecule has 0 saturated heterocycles. The fourth-order valence-corrected chi connectivity index (χ4v) is 8.73. The van der Waals surface area contributed by atoms with Crippen LogP contribution in [-0.2, 0) is 5.41 Å². The summed E-state index contributed by atoms with van der Waals surface area (Å²) in [6, 6.07) is 58.8. The van der Waals surface area contributed by atoms with Crippen LogP contribution < -0.4 is 4.90 Å². The highest BCUT2D eigenvalue weighted by Gasteiger charge is 2.36. The van der Waals surface area contributed by atoms with E-state index in [0.717, 1.165) is 72.1 Å². The molecule has 246 valence electrons. The standard InChI is InChI=1S/C49H33NO2/c1-49(2)41-18-10-8-16-35(41)36-23-21-32(26-42(36)49)50(33-22-24-38-37-17-9-11-19-44(37)51-46(38)27-33)43-28-40-47(29-39(43)30-12-4-3-5-13-30)52-45-25-20-31-14-6-7-15-34(31)48(40)45/h3-29H,1-2H3. The van der Waals surface area contributed by atoms with Crippen LogP contribution in [0.4, 0.5) is 17.1 Å². The Labute approximate surface area is 301 Å². The molecule has 0 bridgehead atoms. The molecule has 11 rings (SSSR count). The van der Waals surface area contributed by atoms with Crippen molar-refractivity contribution in [3.05, 3.63) is 175 Å². The highest BCUT2D eigenvalue weighted by Crippen LogP contribution is 2.52. The topological polar surface area (TPSA) is 29.5 Å². The summed E-state index contributed by atoms with van der Waals surface area (Å²) >= 11 is 0. The smallest absolute Gasteiger partial charge is 0.137 e. The predicted molar refractivity (Wildman–Crippen MR) is 216 cm³/mol. The van der Waals surface area contributed by atoms with E-state index in [1.165, 1.54) is 33.0 Å². The summed E-state index contributed by atoms with van der Waals surface area (Å²) in [5.41, 5.74) is 14.0. The molecule has 0 aliphatic heterocycles. The third-order valence-electron chi connectivity index (χ3n) is 11.2. The van der Waals surface area contributed by atoms with Crippen molar-refractivity contribution in [3.8, 4) is 22.3 Å². The molecule has 52 heavy (non-hydrogen) atoms. The van der Waals surface area contributed by atoms with Crippen LogP contribution in [0.5, 0.6) is 0 Å². The molecule has 0 fully saturated rings. The monoisotopic (exact) mass is 667 g/mol. The number of hydrogen-bond donors (Lipinski definition) is 0. The predicted octanol–water partition coefficient (Wildman–Crippen LogP) is 14.1. The zero-order valence-electron chi connectivity index (χ0n) is 28.9. The maximum Gasteiger partial charge on any atom is 0.137 e. The van der Waals surface area contributed by atoms with Gasteiger partial charge in [-0.3, -0.25) is 0 Å². The third kappa shape index (κ3) is 4.14. The first-order valence-corrected chi connectivity index (χ1v) is 17.9. The van der Waals surface area contributed by atoms with Gasteiger partial charge in [-0.25, -0.2) is 0 Å². The number of fused-ring (bicyclic) bond motifs is 11. The van der Waals surface area contributed by atoms with Crippen LogP contribution in [0.1, 0.15) is 25.0 Å². The minimum Gasteiger partial charge on any atom is -0.456 e. The maximum absolute atomic E-state index is 6.65. The molecule has 3 heteroatoms. The van der Waals surface area contributed by atoms with Crippen molar-refractivity contribution in [2.24, 2.45) is 0 Å². The lowest BCUT2D eigenvalue weighted by molar-refractivity contribution is 0.660. The Morgan fingerprint density at radius 3 is 2.00 bits per heavy atom. The Bertz CT molecular complexity index is 3050. The molecule has 2 aromatic heterocycles. The average Bonchev–Trinajstić information content (AvgIpc) is 3.82. The lowest BCUT2D eigenvalue weighted by Gasteiger charge is -2.30. The molecule has 2 heterocycles. The molecular weight excluding hydrogens is 635 g/mol. The summed E-state index contributed by atoms with van der Waals surface area (Å²) in [5.74, 6) is 0. The zero-order valence-corrected chi connectivity index (χ0v) is 28.9. The van der Waals surface area contributed by atoms with E-state index in [-0.39, 0.29) is 5.41 Å². The van der Waals surface area contributed by atoms with E-state index in [4.69, 9.17) is 8.83 Å². The Hall–Kier alpha value is -6.58. The molecule has 0 unspecified atom stereocenters. The first-order chi connectivity index (χ1) is 25.5. The van der Waals surface area contributed by atoms with Gasteiger partial charge < -0.3 is 13.7 Å². The number of nitrogens with zero attached hydrogens (tertiary/aromatic N) is 1. The van der Waals surface area contributed by atoms with Gasteiger partial charge in [0.2, 0.25) is 0 Å². The first kappa shape index (κ1) is 29.2. The van der Waals surface area contributed by atoms with Crippen molar-refractivity contribution < 1.29 is 8.83 Å². The van der Waals surface area contributed by atoms with E-state index in [9.17, 15) is 0 Å². The second-order valence-electron chi connectivity index (χ2n) is 14.5. The molecule has 0 spiro atoms. The number of para-hydroxylation sites is 1. The highest BCUT2D eigenvalue weighted by molar-refractivity contribution is 6.20. The van der Waals surface area contributed by atoms with Crippen LogP contribution in [0.2, 0.25) is 0 Å². The molecule has 1 aliphatic carbocycles. The van der Waals surface area contributed by atoms with E-state index >= 15 is 0 Å². The van der Waals surface area contributed by atoms with Gasteiger partial charge in [0.15, 0.2) is 0 Å². The Kier molecular flexibility index (Phi) is 6.01. The van der Waals surface area contributed by atoms with Crippen LogP contribution in [0, 0.1) is 0 Å². The molecule has 0 saturated carbocycles. The molecule has 0 radical (unpaired) electrons. The lowest BCUT2D eigenvalue weighted by Crippen LogP contribution is -2.17. The van der Waals surface area contributed by atoms with Gasteiger partial charge in [0, 0.05) is 50.0 Å². The lowest BCUT2D eigenvalue weighted by atomic mass is 9.82. The summed E-state index contributed by atoms with van der Waals surface area (Å²) < 4.78 is 13.2. The van der Waals surface area contributed by atoms with E-state index in [0.29, 0.717) is 0 Å². The molecule has 1 aliphatic rings. The number of anilines is 3. The van der Waals surface area contributed by atoms with E-state index in [1.54, 1.807) is 0 Å². The van der Waals surface area contributed by atoms with E-state index < -0.39 is 0 Å². The van der Waals surface area contributed by atoms with Crippen molar-refractivity contribution in [3.63, 3.8) is 0 Å². The molecule has 3 nitrogen and oxygen atoms in total. The maximum atomic E-state index is 6.65. The van der Waals surface area contributed by atoms with Crippen molar-refractivity contribution in [2.75, 3.05) is 4.90 Å². The van der Waals surface area contributed by atoms with E-state index in [2.05, 4.69) is 170 Å². The van der Waals surface area contributed by atoms with Gasteiger partial charge in [-0.05, 0) is 87.1 Å². The van der Waals surface area contributed by atoms with Gasteiger partial charge in [0.05, 0.1) is 5.69 Å². The quantitative estimate of drug-likeness (QED) is 0.187. The number of furan rings is 2. The minimum atomic E-state index is -0.151. The van der Waals surface area contributed by atoms with Crippen molar-refractivity contribution in [1.82, 2.24) is 0 Å². The molecule has 0 N–H and O–H groups in total. The number of benzene rings is 8. The van der Waals surface area contributed by atoms with Gasteiger partial charge >= 0.3 is 0 Å². The largest absolute Gasteiger partial charge is 0.456 e. The highest BCUT2D eigenvalue weighted by atomic mass is 16.3. The Balaban J connectivity index is 1.24. The zero-order chi connectivity index (χ0) is 34.6. The Morgan fingerprint density at radius 1 is 0.423 bits per heavy atom. The molecule has 0 amide bonds. The summed E-state index contributed by atoms with van der Waals surface area (Å²) in [6.07, 6.45) is 0. The fraction of sp³-hybridized carbons (Fsp3) is 0.0612. The number of rotatable bonds is 4. The second kappa shape index (κ2) is 10.7. The molecule has 0 atom stereocenters. The molecular formula is C49H33NO2. The van der Waals surface area contributed by atoms with Gasteiger partial charge in [-0.1, -0.05) is 123 Å². The van der Waals surface area contributed by atoms with Crippen LogP contribution in [0.25, 0.3) is 76.9 Å². The average molecular weight is 668 g/mol. The molecule has 10 aromatic rings. The van der Waals surface area contributed by atoms with Gasteiger partial charge in [-0.2, -0.15) is 0 Å². The fourth-order valence-electron chi connectivity index (χ4n) is 8.73. The van der Waals surface area contributed by atoms with E-state index in [1.807, 2.05) is 12.1 Å². The van der Waals surface area contributed by atoms with Crippen molar-refractivity contribution in [1.29, 1.82) is 0 Å². The van der Waals surface area contributed by atoms with Gasteiger partial charge in [-0.15, -0.1) is 0 Å². The van der Waals surface area contributed by atoms with Crippen LogP contribution in [0.3, 0.4) is 0 Å². The normalized spacial score (nSPS) is 13.3. The van der Waals surface area contributed by atoms with Crippen molar-refractivity contribution >= 4 is 71.7 Å². The SMILES string of the molecule is CC1(C)c2ccccc2-c2ccc(N(c3ccc4c(c3)oc3ccccc34)c3cc4c(cc3-c3ccccc3)oc3ccc5ccccc5c34)cc21. The Morgan fingerprint density at radius 2 is 1.10 bits per heavy atom. The van der Waals surface area contributed by atoms with Crippen LogP contribution in [-0.4, -0.2) is 0 Å². The van der Waals surface area contributed by atoms with Crippen LogP contribution in [0.15, 0.2) is 173 Å². The molecule has 8 aromatic carbocycles. The van der Waals surface area contributed by atoms with Gasteiger partial charge in [0.1, 0.15) is 22.3 Å². The number of hydrogen-bond acceptors (Lipinski definition) is 3. The summed E-state index contributed by atoms with van der Waals surface area (Å²) in [4.78, 5) is 2.41. The first-order valence-electron chi connectivity index (χ1n) is 17.9. The minimum absolute atomic E-state index is 0.151. The van der Waals surface area contributed by atoms with Crippen molar-refractivity contribution in [2.45, 2.75) is 19.3 Å². The second-order valence-corrected chi connectivity index (χ2v) is 14.5. The summed E-state index contributed by atoms with van der Waals surface area (Å²) in [5, 5.41) is 6.83. The van der Waals surface area contributed by atoms with Crippen LogP contribution >= 0.6 is 0 Å². The summed E-state index contributed by atoms with van der Waals surface area (Å²) in [7, 11) is 0. The summed E-state index contributed by atoms with van der Waals surface area (Å²) in [6.45, 7) is 4.69.